The average Bonchev–Trinajstić information content (AvgIpc) is 2.47. The van der Waals surface area contributed by atoms with Gasteiger partial charge in [-0.05, 0) is 38.8 Å². The van der Waals surface area contributed by atoms with Crippen molar-refractivity contribution >= 4 is 0 Å². The highest BCUT2D eigenvalue weighted by Gasteiger charge is 2.21. The third-order valence-electron chi connectivity index (χ3n) is 3.09. The molecular formula is C17H35N. The van der Waals surface area contributed by atoms with E-state index in [0.717, 1.165) is 6.04 Å². The van der Waals surface area contributed by atoms with Gasteiger partial charge in [-0.15, -0.1) is 0 Å². The van der Waals surface area contributed by atoms with Crippen LogP contribution in [0.1, 0.15) is 67.7 Å². The molecule has 1 aliphatic carbocycles. The van der Waals surface area contributed by atoms with Gasteiger partial charge in [-0.3, -0.25) is 4.90 Å². The van der Waals surface area contributed by atoms with Gasteiger partial charge in [0, 0.05) is 12.6 Å². The van der Waals surface area contributed by atoms with Gasteiger partial charge in [0.25, 0.3) is 0 Å². The summed E-state index contributed by atoms with van der Waals surface area (Å²) in [5.74, 6) is 0. The molecule has 0 saturated carbocycles. The predicted octanol–water partition coefficient (Wildman–Crippen LogP) is 5.44. The number of nitrogens with zero attached hydrogens (tertiary/aromatic N) is 1. The summed E-state index contributed by atoms with van der Waals surface area (Å²) in [5.41, 5.74) is 3.30. The predicted molar refractivity (Wildman–Crippen MR) is 86.2 cm³/mol. The molecule has 1 unspecified atom stereocenters. The summed E-state index contributed by atoms with van der Waals surface area (Å²) in [6.45, 7) is 15.5. The van der Waals surface area contributed by atoms with Crippen molar-refractivity contribution in [2.45, 2.75) is 73.8 Å². The van der Waals surface area contributed by atoms with E-state index in [0.29, 0.717) is 0 Å². The summed E-state index contributed by atoms with van der Waals surface area (Å²) in [5, 5.41) is 0. The Labute approximate surface area is 116 Å². The Hall–Kier alpha value is -0.560. The normalized spacial score (nSPS) is 21.4. The van der Waals surface area contributed by atoms with E-state index >= 15 is 0 Å². The summed E-state index contributed by atoms with van der Waals surface area (Å²) in [6.07, 6.45) is 8.45. The quantitative estimate of drug-likeness (QED) is 0.556. The van der Waals surface area contributed by atoms with Crippen LogP contribution in [-0.4, -0.2) is 24.5 Å². The van der Waals surface area contributed by atoms with Gasteiger partial charge >= 0.3 is 0 Å². The lowest BCUT2D eigenvalue weighted by Crippen LogP contribution is -2.35. The van der Waals surface area contributed by atoms with Gasteiger partial charge in [0.15, 0.2) is 0 Å². The lowest BCUT2D eigenvalue weighted by molar-refractivity contribution is 0.258. The number of allylic oxidation sites excluding steroid dienone is 2. The molecule has 2 aliphatic rings. The van der Waals surface area contributed by atoms with Crippen molar-refractivity contribution in [1.82, 2.24) is 4.90 Å². The summed E-state index contributed by atoms with van der Waals surface area (Å²) >= 11 is 0. The highest BCUT2D eigenvalue weighted by Crippen LogP contribution is 2.28. The van der Waals surface area contributed by atoms with E-state index in [1.807, 2.05) is 41.5 Å². The van der Waals surface area contributed by atoms with Gasteiger partial charge in [0.1, 0.15) is 0 Å². The van der Waals surface area contributed by atoms with Gasteiger partial charge in [-0.1, -0.05) is 59.3 Å². The second-order valence-corrected chi connectivity index (χ2v) is 4.04. The van der Waals surface area contributed by atoms with Crippen molar-refractivity contribution in [1.29, 1.82) is 0 Å². The van der Waals surface area contributed by atoms with Gasteiger partial charge in [-0.25, -0.2) is 0 Å². The monoisotopic (exact) mass is 253 g/mol. The zero-order valence-corrected chi connectivity index (χ0v) is 14.0. The van der Waals surface area contributed by atoms with Crippen LogP contribution in [0.2, 0.25) is 0 Å². The van der Waals surface area contributed by atoms with Crippen molar-refractivity contribution in [3.8, 4) is 0 Å². The first-order valence-electron chi connectivity index (χ1n) is 7.85. The molecule has 0 aromatic carbocycles. The van der Waals surface area contributed by atoms with Crippen LogP contribution in [0.25, 0.3) is 0 Å². The smallest absolute Gasteiger partial charge is 0.0198 e. The maximum absolute atomic E-state index is 2.46. The highest BCUT2D eigenvalue weighted by atomic mass is 15.1. The molecule has 0 radical (unpaired) electrons. The molecule has 0 N–H and O–H groups in total. The fourth-order valence-electron chi connectivity index (χ4n) is 2.09. The van der Waals surface area contributed by atoms with E-state index in [1.165, 1.54) is 25.8 Å². The minimum atomic E-state index is 0.728. The fourth-order valence-corrected chi connectivity index (χ4v) is 2.09. The average molecular weight is 253 g/mol. The molecule has 0 spiro atoms. The maximum atomic E-state index is 2.46. The molecule has 0 fully saturated rings. The van der Waals surface area contributed by atoms with Crippen LogP contribution in [0.3, 0.4) is 0 Å². The third kappa shape index (κ3) is 6.39. The molecule has 0 amide bonds. The zero-order valence-electron chi connectivity index (χ0n) is 14.0. The van der Waals surface area contributed by atoms with Crippen molar-refractivity contribution < 1.29 is 0 Å². The topological polar surface area (TPSA) is 3.24 Å². The third-order valence-corrected chi connectivity index (χ3v) is 3.09. The summed E-state index contributed by atoms with van der Waals surface area (Å²) in [6, 6.07) is 0.728. The molecule has 108 valence electrons. The minimum absolute atomic E-state index is 0.728. The van der Waals surface area contributed by atoms with Gasteiger partial charge in [0.05, 0.1) is 0 Å². The molecule has 0 aromatic heterocycles. The Morgan fingerprint density at radius 3 is 2.17 bits per heavy atom. The molecule has 0 aromatic rings. The fraction of sp³-hybridized carbons (Fsp3) is 0.765. The summed E-state index contributed by atoms with van der Waals surface area (Å²) in [4.78, 5) is 2.46. The minimum Gasteiger partial charge on any atom is -0.299 e. The first-order valence-corrected chi connectivity index (χ1v) is 7.85. The molecule has 18 heavy (non-hydrogen) atoms. The molecule has 0 saturated heterocycles. The SMILES string of the molecule is CC.CC.CC.CC1CC2=C(CCC=C2)CN1C. The van der Waals surface area contributed by atoms with E-state index in [-0.39, 0.29) is 0 Å². The Kier molecular flexibility index (Phi) is 14.2. The van der Waals surface area contributed by atoms with E-state index in [9.17, 15) is 0 Å². The Morgan fingerprint density at radius 1 is 1.06 bits per heavy atom. The standard InChI is InChI=1S/C11H17N.3C2H6/c1-9-7-10-5-3-4-6-11(10)8-12(9)2;3*1-2/h3,5,9H,4,6-8H2,1-2H3;3*1-2H3. The molecule has 1 nitrogen and oxygen atoms in total. The number of rotatable bonds is 0. The highest BCUT2D eigenvalue weighted by molar-refractivity contribution is 5.33. The first-order chi connectivity index (χ1) is 8.77. The molecule has 2 rings (SSSR count). The van der Waals surface area contributed by atoms with Crippen LogP contribution in [0, 0.1) is 0 Å². The Morgan fingerprint density at radius 2 is 1.61 bits per heavy atom. The van der Waals surface area contributed by atoms with Crippen molar-refractivity contribution in [2.75, 3.05) is 13.6 Å². The van der Waals surface area contributed by atoms with Crippen molar-refractivity contribution in [3.63, 3.8) is 0 Å². The van der Waals surface area contributed by atoms with E-state index in [4.69, 9.17) is 0 Å². The van der Waals surface area contributed by atoms with Gasteiger partial charge < -0.3 is 0 Å². The Balaban J connectivity index is 0. The van der Waals surface area contributed by atoms with Crippen LogP contribution in [0.5, 0.6) is 0 Å². The van der Waals surface area contributed by atoms with Crippen molar-refractivity contribution in [3.05, 3.63) is 23.3 Å². The van der Waals surface area contributed by atoms with E-state index in [2.05, 4.69) is 31.0 Å². The van der Waals surface area contributed by atoms with Crippen LogP contribution in [0.4, 0.5) is 0 Å². The van der Waals surface area contributed by atoms with Gasteiger partial charge in [0.2, 0.25) is 0 Å². The number of hydrogen-bond acceptors (Lipinski definition) is 1. The molecule has 0 bridgehead atoms. The van der Waals surface area contributed by atoms with E-state index in [1.54, 1.807) is 11.1 Å². The van der Waals surface area contributed by atoms with Crippen LogP contribution in [0.15, 0.2) is 23.3 Å². The molecule has 1 heterocycles. The largest absolute Gasteiger partial charge is 0.299 e. The summed E-state index contributed by atoms with van der Waals surface area (Å²) < 4.78 is 0. The van der Waals surface area contributed by atoms with Crippen molar-refractivity contribution in [2.24, 2.45) is 0 Å². The van der Waals surface area contributed by atoms with Gasteiger partial charge in [-0.2, -0.15) is 0 Å². The first kappa shape index (κ1) is 19.8. The van der Waals surface area contributed by atoms with E-state index < -0.39 is 0 Å². The molecule has 1 atom stereocenters. The maximum Gasteiger partial charge on any atom is 0.0198 e. The molecular weight excluding hydrogens is 218 g/mol. The second kappa shape index (κ2) is 12.9. The van der Waals surface area contributed by atoms with Crippen LogP contribution in [-0.2, 0) is 0 Å². The second-order valence-electron chi connectivity index (χ2n) is 4.04. The van der Waals surface area contributed by atoms with Crippen LogP contribution >= 0.6 is 0 Å². The number of hydrogen-bond donors (Lipinski definition) is 0. The lowest BCUT2D eigenvalue weighted by Gasteiger charge is -2.34. The molecule has 1 aliphatic heterocycles. The summed E-state index contributed by atoms with van der Waals surface area (Å²) in [7, 11) is 2.23. The molecule has 1 heteroatoms. The Bertz CT molecular complexity index is 238. The zero-order chi connectivity index (χ0) is 14.6. The lowest BCUT2D eigenvalue weighted by atomic mass is 9.89. The van der Waals surface area contributed by atoms with Crippen LogP contribution < -0.4 is 0 Å². The number of likely N-dealkylation sites (N-methyl/N-ethyl adjacent to an activating group) is 1.